The first-order valence-electron chi connectivity index (χ1n) is 6.14. The van der Waals surface area contributed by atoms with Gasteiger partial charge in [-0.3, -0.25) is 0 Å². The first kappa shape index (κ1) is 14.5. The lowest BCUT2D eigenvalue weighted by molar-refractivity contribution is 0.130. The van der Waals surface area contributed by atoms with Gasteiger partial charge in [0.05, 0.1) is 12.7 Å². The second-order valence-electron chi connectivity index (χ2n) is 4.73. The molecule has 17 heavy (non-hydrogen) atoms. The van der Waals surface area contributed by atoms with Gasteiger partial charge in [0.25, 0.3) is 0 Å². The van der Waals surface area contributed by atoms with E-state index >= 15 is 0 Å². The van der Waals surface area contributed by atoms with Crippen LogP contribution in [0.4, 0.5) is 0 Å². The number of aliphatic hydroxyl groups is 1. The molecule has 1 unspecified atom stereocenters. The number of aliphatic hydroxyl groups excluding tert-OH is 1. The monoisotopic (exact) mass is 300 g/mol. The average Bonchev–Trinajstić information content (AvgIpc) is 2.26. The van der Waals surface area contributed by atoms with Crippen molar-refractivity contribution in [1.29, 1.82) is 0 Å². The zero-order chi connectivity index (χ0) is 12.7. The maximum atomic E-state index is 9.69. The first-order valence-corrected chi connectivity index (χ1v) is 6.93. The van der Waals surface area contributed by atoms with Gasteiger partial charge in [-0.2, -0.15) is 0 Å². The van der Waals surface area contributed by atoms with Crippen molar-refractivity contribution in [1.82, 2.24) is 0 Å². The second kappa shape index (κ2) is 7.72. The highest BCUT2D eigenvalue weighted by Crippen LogP contribution is 2.16. The summed E-state index contributed by atoms with van der Waals surface area (Å²) in [6.07, 6.45) is 2.39. The number of hydrogen-bond acceptors (Lipinski definition) is 2. The Labute approximate surface area is 112 Å². The molecule has 0 saturated heterocycles. The number of benzene rings is 1. The molecule has 0 fully saturated rings. The number of ether oxygens (including phenoxy) is 1. The molecule has 0 radical (unpaired) electrons. The molecule has 0 spiro atoms. The van der Waals surface area contributed by atoms with E-state index in [-0.39, 0.29) is 6.10 Å². The molecule has 0 amide bonds. The van der Waals surface area contributed by atoms with Gasteiger partial charge < -0.3 is 9.84 Å². The fourth-order valence-corrected chi connectivity index (χ4v) is 1.97. The van der Waals surface area contributed by atoms with Crippen LogP contribution in [0.25, 0.3) is 0 Å². The van der Waals surface area contributed by atoms with E-state index in [2.05, 4.69) is 29.8 Å². The largest absolute Gasteiger partial charge is 0.494 e. The summed E-state index contributed by atoms with van der Waals surface area (Å²) in [5, 5.41) is 9.69. The highest BCUT2D eigenvalue weighted by Gasteiger charge is 2.06. The van der Waals surface area contributed by atoms with Gasteiger partial charge in [-0.1, -0.05) is 29.8 Å². The fourth-order valence-electron chi connectivity index (χ4n) is 1.70. The van der Waals surface area contributed by atoms with Crippen LogP contribution in [0.5, 0.6) is 5.75 Å². The van der Waals surface area contributed by atoms with Crippen LogP contribution in [0, 0.1) is 5.92 Å². The minimum absolute atomic E-state index is 0.191. The Hall–Kier alpha value is -0.540. The molecular weight excluding hydrogens is 280 g/mol. The Morgan fingerprint density at radius 2 is 1.88 bits per heavy atom. The smallest absolute Gasteiger partial charge is 0.119 e. The Balaban J connectivity index is 2.13. The van der Waals surface area contributed by atoms with Gasteiger partial charge in [-0.25, -0.2) is 0 Å². The molecule has 1 rings (SSSR count). The molecule has 3 heteroatoms. The number of hydrogen-bond donors (Lipinski definition) is 1. The molecule has 0 bridgehead atoms. The summed E-state index contributed by atoms with van der Waals surface area (Å²) in [6, 6.07) is 7.80. The van der Waals surface area contributed by atoms with E-state index in [1.54, 1.807) is 0 Å². The van der Waals surface area contributed by atoms with Crippen molar-refractivity contribution in [2.24, 2.45) is 5.92 Å². The predicted octanol–water partition coefficient (Wildman–Crippen LogP) is 4.02. The molecule has 0 aliphatic heterocycles. The number of rotatable bonds is 7. The van der Waals surface area contributed by atoms with Crippen LogP contribution in [0.1, 0.15) is 33.1 Å². The van der Waals surface area contributed by atoms with E-state index in [0.29, 0.717) is 12.5 Å². The normalized spacial score (nSPS) is 12.8. The lowest BCUT2D eigenvalue weighted by atomic mass is 10.0. The molecule has 1 N–H and O–H groups in total. The molecule has 1 aromatic rings. The summed E-state index contributed by atoms with van der Waals surface area (Å²) in [5.41, 5.74) is 0. The molecule has 96 valence electrons. The molecule has 0 saturated carbocycles. The molecular formula is C14H21BrO2. The van der Waals surface area contributed by atoms with Crippen molar-refractivity contribution in [2.75, 3.05) is 6.61 Å². The first-order chi connectivity index (χ1) is 8.08. The molecule has 1 aromatic carbocycles. The van der Waals surface area contributed by atoms with Gasteiger partial charge in [0.15, 0.2) is 0 Å². The van der Waals surface area contributed by atoms with Crippen molar-refractivity contribution in [3.05, 3.63) is 28.7 Å². The van der Waals surface area contributed by atoms with Crippen LogP contribution in [0.2, 0.25) is 0 Å². The van der Waals surface area contributed by atoms with E-state index in [1.165, 1.54) is 0 Å². The minimum atomic E-state index is -0.191. The standard InChI is InChI=1S/C14H21BrO2/c1-11(2)10-13(16)4-3-9-17-14-7-5-12(15)6-8-14/h5-8,11,13,16H,3-4,9-10H2,1-2H3. The van der Waals surface area contributed by atoms with Gasteiger partial charge in [-0.15, -0.1) is 0 Å². The Kier molecular flexibility index (Phi) is 6.60. The molecule has 0 heterocycles. The van der Waals surface area contributed by atoms with Gasteiger partial charge in [-0.05, 0) is 49.4 Å². The SMILES string of the molecule is CC(C)CC(O)CCCOc1ccc(Br)cc1. The molecule has 1 atom stereocenters. The van der Waals surface area contributed by atoms with E-state index in [0.717, 1.165) is 29.5 Å². The molecule has 2 nitrogen and oxygen atoms in total. The zero-order valence-corrected chi connectivity index (χ0v) is 12.1. The quantitative estimate of drug-likeness (QED) is 0.771. The van der Waals surface area contributed by atoms with Crippen molar-refractivity contribution in [3.63, 3.8) is 0 Å². The molecule has 0 aliphatic rings. The summed E-state index contributed by atoms with van der Waals surface area (Å²) in [7, 11) is 0. The van der Waals surface area contributed by atoms with Crippen LogP contribution >= 0.6 is 15.9 Å². The highest BCUT2D eigenvalue weighted by molar-refractivity contribution is 9.10. The van der Waals surface area contributed by atoms with Gasteiger partial charge in [0.2, 0.25) is 0 Å². The third-order valence-electron chi connectivity index (χ3n) is 2.51. The van der Waals surface area contributed by atoms with Gasteiger partial charge in [0.1, 0.15) is 5.75 Å². The van der Waals surface area contributed by atoms with Crippen LogP contribution < -0.4 is 4.74 Å². The average molecular weight is 301 g/mol. The lowest BCUT2D eigenvalue weighted by Gasteiger charge is -2.13. The topological polar surface area (TPSA) is 29.5 Å². The van der Waals surface area contributed by atoms with Crippen molar-refractivity contribution < 1.29 is 9.84 Å². The van der Waals surface area contributed by atoms with Crippen molar-refractivity contribution in [3.8, 4) is 5.75 Å². The zero-order valence-electron chi connectivity index (χ0n) is 10.5. The summed E-state index contributed by atoms with van der Waals surface area (Å²) in [6.45, 7) is 4.92. The summed E-state index contributed by atoms with van der Waals surface area (Å²) in [4.78, 5) is 0. The summed E-state index contributed by atoms with van der Waals surface area (Å²) in [5.74, 6) is 1.43. The maximum Gasteiger partial charge on any atom is 0.119 e. The Morgan fingerprint density at radius 1 is 1.24 bits per heavy atom. The van der Waals surface area contributed by atoms with Crippen LogP contribution in [-0.4, -0.2) is 17.8 Å². The number of halogens is 1. The predicted molar refractivity (Wildman–Crippen MR) is 74.3 cm³/mol. The van der Waals surface area contributed by atoms with Crippen molar-refractivity contribution >= 4 is 15.9 Å². The Morgan fingerprint density at radius 3 is 2.47 bits per heavy atom. The summed E-state index contributed by atoms with van der Waals surface area (Å²) >= 11 is 3.38. The maximum absolute atomic E-state index is 9.69. The minimum Gasteiger partial charge on any atom is -0.494 e. The van der Waals surface area contributed by atoms with Crippen molar-refractivity contribution in [2.45, 2.75) is 39.2 Å². The third kappa shape index (κ3) is 6.69. The van der Waals surface area contributed by atoms with E-state index < -0.39 is 0 Å². The van der Waals surface area contributed by atoms with E-state index in [1.807, 2.05) is 24.3 Å². The van der Waals surface area contributed by atoms with Gasteiger partial charge in [0, 0.05) is 4.47 Å². The second-order valence-corrected chi connectivity index (χ2v) is 5.64. The Bertz CT molecular complexity index is 309. The highest BCUT2D eigenvalue weighted by atomic mass is 79.9. The molecule has 0 aromatic heterocycles. The van der Waals surface area contributed by atoms with E-state index in [4.69, 9.17) is 4.74 Å². The third-order valence-corrected chi connectivity index (χ3v) is 3.04. The fraction of sp³-hybridized carbons (Fsp3) is 0.571. The van der Waals surface area contributed by atoms with Crippen LogP contribution in [-0.2, 0) is 0 Å². The van der Waals surface area contributed by atoms with E-state index in [9.17, 15) is 5.11 Å². The van der Waals surface area contributed by atoms with Crippen LogP contribution in [0.3, 0.4) is 0 Å². The summed E-state index contributed by atoms with van der Waals surface area (Å²) < 4.78 is 6.64. The molecule has 0 aliphatic carbocycles. The van der Waals surface area contributed by atoms with Crippen LogP contribution in [0.15, 0.2) is 28.7 Å². The van der Waals surface area contributed by atoms with Gasteiger partial charge >= 0.3 is 0 Å². The lowest BCUT2D eigenvalue weighted by Crippen LogP contribution is -2.11.